The van der Waals surface area contributed by atoms with Gasteiger partial charge in [0.05, 0.1) is 16.7 Å². The van der Waals surface area contributed by atoms with Crippen LogP contribution in [0.25, 0.3) is 0 Å². The van der Waals surface area contributed by atoms with Gasteiger partial charge in [-0.15, -0.1) is 11.3 Å². The van der Waals surface area contributed by atoms with Crippen molar-refractivity contribution in [2.45, 2.75) is 46.1 Å². The Labute approximate surface area is 125 Å². The van der Waals surface area contributed by atoms with E-state index in [1.165, 1.54) is 16.3 Å². The van der Waals surface area contributed by atoms with E-state index in [4.69, 9.17) is 0 Å². The van der Waals surface area contributed by atoms with Crippen molar-refractivity contribution >= 4 is 11.3 Å². The summed E-state index contributed by atoms with van der Waals surface area (Å²) in [7, 11) is 0. The Bertz CT molecular complexity index is 536. The molecular formula is C16H23N3S. The second kappa shape index (κ2) is 7.50. The Morgan fingerprint density at radius 2 is 2.20 bits per heavy atom. The van der Waals surface area contributed by atoms with Gasteiger partial charge >= 0.3 is 0 Å². The molecule has 3 nitrogen and oxygen atoms in total. The minimum atomic E-state index is 0.261. The molecule has 20 heavy (non-hydrogen) atoms. The van der Waals surface area contributed by atoms with Crippen LogP contribution < -0.4 is 5.32 Å². The van der Waals surface area contributed by atoms with Gasteiger partial charge in [-0.1, -0.05) is 19.9 Å². The van der Waals surface area contributed by atoms with Gasteiger partial charge in [0, 0.05) is 23.7 Å². The van der Waals surface area contributed by atoms with E-state index in [1.807, 2.05) is 19.2 Å². The maximum Gasteiger partial charge on any atom is 0.0947 e. The largest absolute Gasteiger partial charge is 0.308 e. The molecule has 0 aliphatic rings. The predicted octanol–water partition coefficient (Wildman–Crippen LogP) is 3.69. The SMILES string of the molecule is CCCNC(Cc1nc(C)cs1)c1ncccc1CC. The van der Waals surface area contributed by atoms with E-state index in [-0.39, 0.29) is 6.04 Å². The lowest BCUT2D eigenvalue weighted by atomic mass is 10.0. The van der Waals surface area contributed by atoms with Crippen LogP contribution in [0.1, 0.15) is 48.3 Å². The molecule has 2 aromatic rings. The monoisotopic (exact) mass is 289 g/mol. The Balaban J connectivity index is 2.22. The molecule has 2 rings (SSSR count). The van der Waals surface area contributed by atoms with Gasteiger partial charge in [-0.05, 0) is 37.9 Å². The summed E-state index contributed by atoms with van der Waals surface area (Å²) in [6.45, 7) is 7.43. The zero-order valence-electron chi connectivity index (χ0n) is 12.5. The predicted molar refractivity (Wildman–Crippen MR) is 85.2 cm³/mol. The average molecular weight is 289 g/mol. The second-order valence-electron chi connectivity index (χ2n) is 4.99. The zero-order chi connectivity index (χ0) is 14.4. The van der Waals surface area contributed by atoms with Crippen molar-refractivity contribution in [2.24, 2.45) is 0 Å². The highest BCUT2D eigenvalue weighted by atomic mass is 32.1. The smallest absolute Gasteiger partial charge is 0.0947 e. The third kappa shape index (κ3) is 3.87. The van der Waals surface area contributed by atoms with E-state index < -0.39 is 0 Å². The molecule has 0 saturated heterocycles. The molecule has 0 aliphatic carbocycles. The van der Waals surface area contributed by atoms with Crippen molar-refractivity contribution in [2.75, 3.05) is 6.54 Å². The topological polar surface area (TPSA) is 37.8 Å². The van der Waals surface area contributed by atoms with E-state index in [0.29, 0.717) is 0 Å². The fourth-order valence-corrected chi connectivity index (χ4v) is 3.14. The number of nitrogens with one attached hydrogen (secondary N) is 1. The van der Waals surface area contributed by atoms with Gasteiger partial charge in [-0.25, -0.2) is 4.98 Å². The molecule has 0 amide bonds. The van der Waals surface area contributed by atoms with Crippen LogP contribution in [0.4, 0.5) is 0 Å². The molecule has 1 unspecified atom stereocenters. The number of pyridine rings is 1. The van der Waals surface area contributed by atoms with Crippen LogP contribution in [0, 0.1) is 6.92 Å². The van der Waals surface area contributed by atoms with Crippen molar-refractivity contribution in [1.29, 1.82) is 0 Å². The summed E-state index contributed by atoms with van der Waals surface area (Å²) in [6.07, 6.45) is 4.96. The molecule has 2 heterocycles. The lowest BCUT2D eigenvalue weighted by Gasteiger charge is -2.19. The molecule has 1 N–H and O–H groups in total. The van der Waals surface area contributed by atoms with E-state index in [1.54, 1.807) is 11.3 Å². The number of nitrogens with zero attached hydrogens (tertiary/aromatic N) is 2. The van der Waals surface area contributed by atoms with Crippen molar-refractivity contribution in [3.63, 3.8) is 0 Å². The lowest BCUT2D eigenvalue weighted by Crippen LogP contribution is -2.26. The normalized spacial score (nSPS) is 12.6. The first kappa shape index (κ1) is 15.1. The molecule has 0 fully saturated rings. The number of hydrogen-bond acceptors (Lipinski definition) is 4. The second-order valence-corrected chi connectivity index (χ2v) is 5.94. The van der Waals surface area contributed by atoms with E-state index >= 15 is 0 Å². The molecule has 0 aliphatic heterocycles. The van der Waals surface area contributed by atoms with Gasteiger partial charge in [0.15, 0.2) is 0 Å². The maximum atomic E-state index is 4.62. The summed E-state index contributed by atoms with van der Waals surface area (Å²) in [5.74, 6) is 0. The van der Waals surface area contributed by atoms with Gasteiger partial charge in [-0.3, -0.25) is 4.98 Å². The molecule has 0 radical (unpaired) electrons. The summed E-state index contributed by atoms with van der Waals surface area (Å²) in [5.41, 5.74) is 3.61. The molecule has 0 spiro atoms. The van der Waals surface area contributed by atoms with E-state index in [0.717, 1.165) is 31.5 Å². The Morgan fingerprint density at radius 3 is 2.85 bits per heavy atom. The number of aromatic nitrogens is 2. The zero-order valence-corrected chi connectivity index (χ0v) is 13.3. The van der Waals surface area contributed by atoms with Gasteiger partial charge < -0.3 is 5.32 Å². The first-order valence-electron chi connectivity index (χ1n) is 7.32. The summed E-state index contributed by atoms with van der Waals surface area (Å²) in [4.78, 5) is 9.21. The molecule has 0 bridgehead atoms. The van der Waals surface area contributed by atoms with Crippen molar-refractivity contribution in [1.82, 2.24) is 15.3 Å². The number of hydrogen-bond donors (Lipinski definition) is 1. The number of thiazole rings is 1. The molecule has 4 heteroatoms. The highest BCUT2D eigenvalue weighted by Gasteiger charge is 2.17. The first-order valence-corrected chi connectivity index (χ1v) is 8.20. The fraction of sp³-hybridized carbons (Fsp3) is 0.500. The molecule has 108 valence electrons. The first-order chi connectivity index (χ1) is 9.74. The molecule has 2 aromatic heterocycles. The molecule has 0 aromatic carbocycles. The average Bonchev–Trinajstić information content (AvgIpc) is 2.88. The molecular weight excluding hydrogens is 266 g/mol. The van der Waals surface area contributed by atoms with Crippen LogP contribution in [-0.4, -0.2) is 16.5 Å². The third-order valence-electron chi connectivity index (χ3n) is 3.32. The van der Waals surface area contributed by atoms with Gasteiger partial charge in [-0.2, -0.15) is 0 Å². The standard InChI is InChI=1S/C16H23N3S/c1-4-8-17-14(10-15-19-12(3)11-20-15)16-13(5-2)7-6-9-18-16/h6-7,9,11,14,17H,4-5,8,10H2,1-3H3. The summed E-state index contributed by atoms with van der Waals surface area (Å²) < 4.78 is 0. The van der Waals surface area contributed by atoms with Gasteiger partial charge in [0.1, 0.15) is 0 Å². The minimum Gasteiger partial charge on any atom is -0.308 e. The minimum absolute atomic E-state index is 0.261. The summed E-state index contributed by atoms with van der Waals surface area (Å²) >= 11 is 1.74. The Hall–Kier alpha value is -1.26. The molecule has 1 atom stereocenters. The van der Waals surface area contributed by atoms with Crippen LogP contribution in [0.5, 0.6) is 0 Å². The van der Waals surface area contributed by atoms with E-state index in [9.17, 15) is 0 Å². The van der Waals surface area contributed by atoms with Gasteiger partial charge in [0.2, 0.25) is 0 Å². The van der Waals surface area contributed by atoms with E-state index in [2.05, 4.69) is 40.6 Å². The number of rotatable bonds is 7. The third-order valence-corrected chi connectivity index (χ3v) is 4.31. The quantitative estimate of drug-likeness (QED) is 0.844. The highest BCUT2D eigenvalue weighted by Crippen LogP contribution is 2.22. The van der Waals surface area contributed by atoms with Crippen molar-refractivity contribution in [3.05, 3.63) is 45.7 Å². The Morgan fingerprint density at radius 1 is 1.35 bits per heavy atom. The van der Waals surface area contributed by atoms with Crippen LogP contribution >= 0.6 is 11.3 Å². The molecule has 0 saturated carbocycles. The van der Waals surface area contributed by atoms with Gasteiger partial charge in [0.25, 0.3) is 0 Å². The van der Waals surface area contributed by atoms with Crippen LogP contribution in [0.3, 0.4) is 0 Å². The Kier molecular flexibility index (Phi) is 5.68. The lowest BCUT2D eigenvalue weighted by molar-refractivity contribution is 0.513. The fourth-order valence-electron chi connectivity index (χ4n) is 2.32. The van der Waals surface area contributed by atoms with Crippen LogP contribution in [0.15, 0.2) is 23.7 Å². The summed E-state index contributed by atoms with van der Waals surface area (Å²) in [6, 6.07) is 4.46. The number of aryl methyl sites for hydroxylation is 2. The summed E-state index contributed by atoms with van der Waals surface area (Å²) in [5, 5.41) is 6.92. The highest BCUT2D eigenvalue weighted by molar-refractivity contribution is 7.09. The maximum absolute atomic E-state index is 4.62. The van der Waals surface area contributed by atoms with Crippen LogP contribution in [-0.2, 0) is 12.8 Å². The van der Waals surface area contributed by atoms with Crippen LogP contribution in [0.2, 0.25) is 0 Å². The van der Waals surface area contributed by atoms with Crippen molar-refractivity contribution < 1.29 is 0 Å². The van der Waals surface area contributed by atoms with Crippen molar-refractivity contribution in [3.8, 4) is 0 Å².